The second kappa shape index (κ2) is 4.02. The van der Waals surface area contributed by atoms with Gasteiger partial charge < -0.3 is 5.73 Å². The Morgan fingerprint density at radius 1 is 1.31 bits per heavy atom. The van der Waals surface area contributed by atoms with Gasteiger partial charge in [0.15, 0.2) is 11.6 Å². The number of aryl methyl sites for hydroxylation is 1. The lowest BCUT2D eigenvalue weighted by atomic mass is 10.3. The Kier molecular flexibility index (Phi) is 2.70. The standard InChI is InChI=1S/C11H11F2N3/c1-7-8(5-14)6-16(15-7)9-2-3-10(12)11(13)4-9/h2-4,6H,5,14H2,1H3. The molecule has 0 atom stereocenters. The highest BCUT2D eigenvalue weighted by atomic mass is 19.2. The Balaban J connectivity index is 2.46. The first-order chi connectivity index (χ1) is 7.61. The molecule has 2 rings (SSSR count). The van der Waals surface area contributed by atoms with Crippen molar-refractivity contribution in [3.05, 3.63) is 47.3 Å². The lowest BCUT2D eigenvalue weighted by Gasteiger charge is -2.01. The average molecular weight is 223 g/mol. The quantitative estimate of drug-likeness (QED) is 0.845. The van der Waals surface area contributed by atoms with Crippen LogP contribution >= 0.6 is 0 Å². The highest BCUT2D eigenvalue weighted by Gasteiger charge is 2.07. The number of nitrogens with two attached hydrogens (primary N) is 1. The van der Waals surface area contributed by atoms with Crippen LogP contribution in [0.5, 0.6) is 0 Å². The van der Waals surface area contributed by atoms with Crippen molar-refractivity contribution >= 4 is 0 Å². The number of rotatable bonds is 2. The summed E-state index contributed by atoms with van der Waals surface area (Å²) >= 11 is 0. The minimum Gasteiger partial charge on any atom is -0.326 e. The SMILES string of the molecule is Cc1nn(-c2ccc(F)c(F)c2)cc1CN. The van der Waals surface area contributed by atoms with E-state index in [0.29, 0.717) is 12.2 Å². The van der Waals surface area contributed by atoms with Crippen molar-refractivity contribution in [2.75, 3.05) is 0 Å². The maximum Gasteiger partial charge on any atom is 0.160 e. The summed E-state index contributed by atoms with van der Waals surface area (Å²) in [6.07, 6.45) is 1.71. The third-order valence-electron chi connectivity index (χ3n) is 2.39. The molecule has 2 aromatic rings. The fourth-order valence-electron chi connectivity index (χ4n) is 1.46. The molecule has 0 saturated carbocycles. The fourth-order valence-corrected chi connectivity index (χ4v) is 1.46. The van der Waals surface area contributed by atoms with Crippen LogP contribution in [0.2, 0.25) is 0 Å². The number of hydrogen-bond acceptors (Lipinski definition) is 2. The summed E-state index contributed by atoms with van der Waals surface area (Å²) in [4.78, 5) is 0. The smallest absolute Gasteiger partial charge is 0.160 e. The Bertz CT molecular complexity index is 520. The molecule has 3 nitrogen and oxygen atoms in total. The second-order valence-corrected chi connectivity index (χ2v) is 3.49. The minimum absolute atomic E-state index is 0.371. The fraction of sp³-hybridized carbons (Fsp3) is 0.182. The molecule has 0 fully saturated rings. The molecule has 0 aliphatic carbocycles. The van der Waals surface area contributed by atoms with Crippen LogP contribution in [0, 0.1) is 18.6 Å². The largest absolute Gasteiger partial charge is 0.326 e. The van der Waals surface area contributed by atoms with Gasteiger partial charge in [-0.05, 0) is 19.1 Å². The van der Waals surface area contributed by atoms with Gasteiger partial charge in [0, 0.05) is 24.4 Å². The molecular formula is C11H11F2N3. The molecule has 0 saturated heterocycles. The van der Waals surface area contributed by atoms with Crippen LogP contribution in [0.25, 0.3) is 5.69 Å². The normalized spacial score (nSPS) is 10.8. The van der Waals surface area contributed by atoms with Crippen LogP contribution < -0.4 is 5.73 Å². The van der Waals surface area contributed by atoms with Crippen molar-refractivity contribution in [2.24, 2.45) is 5.73 Å². The van der Waals surface area contributed by atoms with Crippen molar-refractivity contribution in [2.45, 2.75) is 13.5 Å². The lowest BCUT2D eigenvalue weighted by Crippen LogP contribution is -1.97. The molecule has 0 radical (unpaired) electrons. The van der Waals surface area contributed by atoms with Gasteiger partial charge in [-0.15, -0.1) is 0 Å². The highest BCUT2D eigenvalue weighted by Crippen LogP contribution is 2.14. The highest BCUT2D eigenvalue weighted by molar-refractivity contribution is 5.33. The summed E-state index contributed by atoms with van der Waals surface area (Å²) in [5.41, 5.74) is 7.65. The van der Waals surface area contributed by atoms with Gasteiger partial charge in [0.2, 0.25) is 0 Å². The van der Waals surface area contributed by atoms with Crippen LogP contribution in [0.1, 0.15) is 11.3 Å². The number of hydrogen-bond donors (Lipinski definition) is 1. The second-order valence-electron chi connectivity index (χ2n) is 3.49. The zero-order chi connectivity index (χ0) is 11.7. The first-order valence-corrected chi connectivity index (χ1v) is 4.82. The van der Waals surface area contributed by atoms with Crippen LogP contribution in [0.15, 0.2) is 24.4 Å². The Morgan fingerprint density at radius 3 is 2.62 bits per heavy atom. The molecule has 0 bridgehead atoms. The molecule has 2 N–H and O–H groups in total. The Morgan fingerprint density at radius 2 is 2.06 bits per heavy atom. The van der Waals surface area contributed by atoms with Gasteiger partial charge in [-0.1, -0.05) is 0 Å². The molecule has 0 spiro atoms. The third-order valence-corrected chi connectivity index (χ3v) is 2.39. The van der Waals surface area contributed by atoms with Crippen molar-refractivity contribution in [3.8, 4) is 5.69 Å². The molecule has 16 heavy (non-hydrogen) atoms. The maximum atomic E-state index is 13.0. The van der Waals surface area contributed by atoms with Gasteiger partial charge >= 0.3 is 0 Å². The predicted octanol–water partition coefficient (Wildman–Crippen LogP) is 1.92. The molecule has 0 aliphatic rings. The molecule has 1 aromatic carbocycles. The molecular weight excluding hydrogens is 212 g/mol. The molecule has 5 heteroatoms. The van der Waals surface area contributed by atoms with E-state index in [-0.39, 0.29) is 0 Å². The van der Waals surface area contributed by atoms with E-state index in [9.17, 15) is 8.78 Å². The van der Waals surface area contributed by atoms with Crippen molar-refractivity contribution < 1.29 is 8.78 Å². The van der Waals surface area contributed by atoms with E-state index in [1.165, 1.54) is 10.7 Å². The Labute approximate surface area is 91.5 Å². The van der Waals surface area contributed by atoms with Gasteiger partial charge in [-0.2, -0.15) is 5.10 Å². The first kappa shape index (κ1) is 10.8. The predicted molar refractivity (Wildman–Crippen MR) is 56.1 cm³/mol. The van der Waals surface area contributed by atoms with Crippen LogP contribution in [-0.2, 0) is 6.54 Å². The van der Waals surface area contributed by atoms with Gasteiger partial charge in [0.05, 0.1) is 11.4 Å². The van der Waals surface area contributed by atoms with Gasteiger partial charge in [-0.3, -0.25) is 0 Å². The summed E-state index contributed by atoms with van der Waals surface area (Å²) in [6, 6.07) is 3.64. The summed E-state index contributed by atoms with van der Waals surface area (Å²) in [6.45, 7) is 2.19. The molecule has 0 aliphatic heterocycles. The van der Waals surface area contributed by atoms with E-state index in [2.05, 4.69) is 5.10 Å². The van der Waals surface area contributed by atoms with E-state index in [0.717, 1.165) is 23.4 Å². The molecule has 0 unspecified atom stereocenters. The van der Waals surface area contributed by atoms with Crippen molar-refractivity contribution in [3.63, 3.8) is 0 Å². The van der Waals surface area contributed by atoms with Crippen LogP contribution in [-0.4, -0.2) is 9.78 Å². The summed E-state index contributed by atoms with van der Waals surface area (Å²) in [7, 11) is 0. The molecule has 84 valence electrons. The Hall–Kier alpha value is -1.75. The number of aromatic nitrogens is 2. The van der Waals surface area contributed by atoms with Crippen molar-refractivity contribution in [1.29, 1.82) is 0 Å². The average Bonchev–Trinajstić information content (AvgIpc) is 2.64. The molecule has 0 amide bonds. The van der Waals surface area contributed by atoms with E-state index in [1.807, 2.05) is 6.92 Å². The summed E-state index contributed by atoms with van der Waals surface area (Å²) in [5.74, 6) is -1.76. The summed E-state index contributed by atoms with van der Waals surface area (Å²) in [5, 5.41) is 4.17. The van der Waals surface area contributed by atoms with Crippen molar-refractivity contribution in [1.82, 2.24) is 9.78 Å². The number of nitrogens with zero attached hydrogens (tertiary/aromatic N) is 2. The van der Waals surface area contributed by atoms with Gasteiger partial charge in [0.1, 0.15) is 0 Å². The zero-order valence-electron chi connectivity index (χ0n) is 8.74. The first-order valence-electron chi connectivity index (χ1n) is 4.82. The van der Waals surface area contributed by atoms with E-state index >= 15 is 0 Å². The van der Waals surface area contributed by atoms with Crippen LogP contribution in [0.4, 0.5) is 8.78 Å². The van der Waals surface area contributed by atoms with E-state index in [4.69, 9.17) is 5.73 Å². The third kappa shape index (κ3) is 1.81. The maximum absolute atomic E-state index is 13.0. The minimum atomic E-state index is -0.889. The lowest BCUT2D eigenvalue weighted by molar-refractivity contribution is 0.507. The molecule has 1 aromatic heterocycles. The van der Waals surface area contributed by atoms with Gasteiger partial charge in [-0.25, -0.2) is 13.5 Å². The monoisotopic (exact) mass is 223 g/mol. The van der Waals surface area contributed by atoms with Crippen LogP contribution in [0.3, 0.4) is 0 Å². The number of halogens is 2. The molecule has 1 heterocycles. The zero-order valence-corrected chi connectivity index (χ0v) is 8.74. The summed E-state index contributed by atoms with van der Waals surface area (Å²) < 4.78 is 27.2. The van der Waals surface area contributed by atoms with Gasteiger partial charge in [0.25, 0.3) is 0 Å². The van der Waals surface area contributed by atoms with E-state index in [1.54, 1.807) is 6.20 Å². The number of benzene rings is 1. The topological polar surface area (TPSA) is 43.8 Å². The van der Waals surface area contributed by atoms with E-state index < -0.39 is 11.6 Å².